The molecule has 2 aromatic heterocycles. The fourth-order valence-electron chi connectivity index (χ4n) is 2.23. The minimum atomic E-state index is -0.419. The molecule has 3 amide bonds. The van der Waals surface area contributed by atoms with Crippen molar-refractivity contribution in [2.45, 2.75) is 13.3 Å². The van der Waals surface area contributed by atoms with Crippen LogP contribution in [0.2, 0.25) is 0 Å². The van der Waals surface area contributed by atoms with Crippen molar-refractivity contribution in [1.82, 2.24) is 15.0 Å². The van der Waals surface area contributed by atoms with Gasteiger partial charge in [0.25, 0.3) is 5.91 Å². The zero-order valence-electron chi connectivity index (χ0n) is 14.8. The third-order valence-corrected chi connectivity index (χ3v) is 4.21. The van der Waals surface area contributed by atoms with Crippen LogP contribution in [0.25, 0.3) is 0 Å². The van der Waals surface area contributed by atoms with Gasteiger partial charge in [0.05, 0.1) is 18.3 Å². The van der Waals surface area contributed by atoms with Crippen LogP contribution in [-0.4, -0.2) is 32.7 Å². The smallest absolute Gasteiger partial charge is 0.277 e. The number of hydrogen-bond donors (Lipinski definition) is 3. The number of carbonyl (C=O) groups excluding carboxylic acids is 3. The Morgan fingerprint density at radius 2 is 1.71 bits per heavy atom. The number of carbonyl (C=O) groups is 3. The van der Waals surface area contributed by atoms with Crippen molar-refractivity contribution in [3.8, 4) is 0 Å². The Morgan fingerprint density at radius 3 is 2.36 bits per heavy atom. The molecule has 142 valence electrons. The summed E-state index contributed by atoms with van der Waals surface area (Å²) in [6, 6.07) is 6.77. The molecule has 3 aromatic rings. The van der Waals surface area contributed by atoms with Gasteiger partial charge in [0, 0.05) is 36.1 Å². The Labute approximate surface area is 164 Å². The van der Waals surface area contributed by atoms with Crippen LogP contribution in [0.1, 0.15) is 23.1 Å². The molecule has 3 N–H and O–H groups in total. The van der Waals surface area contributed by atoms with Gasteiger partial charge in [-0.1, -0.05) is 0 Å². The summed E-state index contributed by atoms with van der Waals surface area (Å²) in [7, 11) is 0. The standard InChI is InChI=1S/C18H16N6O3S/c1-11(25)21-12-2-4-13(5-3-12)22-16(26)8-14-10-28-18(23-14)24-17(27)15-9-19-6-7-20-15/h2-7,9-10H,8H2,1H3,(H,21,25)(H,22,26)(H,23,24,27). The Bertz CT molecular complexity index is 988. The Hall–Kier alpha value is -3.66. The fourth-order valence-corrected chi connectivity index (χ4v) is 2.94. The van der Waals surface area contributed by atoms with E-state index in [4.69, 9.17) is 0 Å². The van der Waals surface area contributed by atoms with Crippen molar-refractivity contribution in [2.75, 3.05) is 16.0 Å². The summed E-state index contributed by atoms with van der Waals surface area (Å²) in [5.74, 6) is -0.829. The van der Waals surface area contributed by atoms with Crippen LogP contribution in [0, 0.1) is 0 Å². The monoisotopic (exact) mass is 396 g/mol. The predicted octanol–water partition coefficient (Wildman–Crippen LogP) is 2.33. The largest absolute Gasteiger partial charge is 0.326 e. The quantitative estimate of drug-likeness (QED) is 0.587. The number of nitrogens with zero attached hydrogens (tertiary/aromatic N) is 3. The van der Waals surface area contributed by atoms with E-state index in [1.807, 2.05) is 0 Å². The van der Waals surface area contributed by atoms with Gasteiger partial charge < -0.3 is 10.6 Å². The van der Waals surface area contributed by atoms with Crippen LogP contribution in [-0.2, 0) is 16.0 Å². The van der Waals surface area contributed by atoms with Crippen molar-refractivity contribution in [3.63, 3.8) is 0 Å². The Balaban J connectivity index is 1.53. The van der Waals surface area contributed by atoms with Gasteiger partial charge in [0.15, 0.2) is 5.13 Å². The molecule has 2 heterocycles. The van der Waals surface area contributed by atoms with Gasteiger partial charge in [-0.25, -0.2) is 9.97 Å². The van der Waals surface area contributed by atoms with Crippen LogP contribution in [0.4, 0.5) is 16.5 Å². The summed E-state index contributed by atoms with van der Waals surface area (Å²) in [4.78, 5) is 47.2. The van der Waals surface area contributed by atoms with E-state index in [2.05, 4.69) is 30.9 Å². The molecule has 0 spiro atoms. The first-order valence-corrected chi connectivity index (χ1v) is 9.07. The van der Waals surface area contributed by atoms with Crippen molar-refractivity contribution in [2.24, 2.45) is 0 Å². The lowest BCUT2D eigenvalue weighted by atomic mass is 10.2. The predicted molar refractivity (Wildman–Crippen MR) is 105 cm³/mol. The highest BCUT2D eigenvalue weighted by Crippen LogP contribution is 2.18. The molecule has 0 aliphatic carbocycles. The highest BCUT2D eigenvalue weighted by Gasteiger charge is 2.12. The average molecular weight is 396 g/mol. The summed E-state index contributed by atoms with van der Waals surface area (Å²) < 4.78 is 0. The normalized spacial score (nSPS) is 10.2. The first kappa shape index (κ1) is 19.1. The number of thiazole rings is 1. The van der Waals surface area contributed by atoms with E-state index < -0.39 is 5.91 Å². The number of aromatic nitrogens is 3. The lowest BCUT2D eigenvalue weighted by Gasteiger charge is -2.06. The van der Waals surface area contributed by atoms with Gasteiger partial charge in [0.2, 0.25) is 11.8 Å². The first-order chi connectivity index (χ1) is 13.5. The average Bonchev–Trinajstić information content (AvgIpc) is 3.10. The number of anilines is 3. The van der Waals surface area contributed by atoms with Gasteiger partial charge >= 0.3 is 0 Å². The molecule has 0 saturated heterocycles. The molecule has 0 saturated carbocycles. The molecule has 28 heavy (non-hydrogen) atoms. The maximum Gasteiger partial charge on any atom is 0.277 e. The molecule has 0 fully saturated rings. The Morgan fingerprint density at radius 1 is 1.00 bits per heavy atom. The molecule has 0 unspecified atom stereocenters. The van der Waals surface area contributed by atoms with Crippen LogP contribution in [0.15, 0.2) is 48.2 Å². The van der Waals surface area contributed by atoms with Crippen molar-refractivity contribution >= 4 is 45.6 Å². The maximum absolute atomic E-state index is 12.2. The molecular weight excluding hydrogens is 380 g/mol. The van der Waals surface area contributed by atoms with E-state index >= 15 is 0 Å². The number of rotatable bonds is 6. The molecule has 9 nitrogen and oxygen atoms in total. The number of benzene rings is 1. The van der Waals surface area contributed by atoms with Gasteiger partial charge in [-0.15, -0.1) is 11.3 Å². The molecule has 1 aromatic carbocycles. The SMILES string of the molecule is CC(=O)Nc1ccc(NC(=O)Cc2csc(NC(=O)c3cnccn3)n2)cc1. The summed E-state index contributed by atoms with van der Waals surface area (Å²) in [5, 5.41) is 10.1. The van der Waals surface area contributed by atoms with Crippen LogP contribution < -0.4 is 16.0 Å². The van der Waals surface area contributed by atoms with Crippen LogP contribution >= 0.6 is 11.3 Å². The van der Waals surface area contributed by atoms with Gasteiger partial charge in [-0.2, -0.15) is 0 Å². The summed E-state index contributed by atoms with van der Waals surface area (Å²) in [6.45, 7) is 1.42. The summed E-state index contributed by atoms with van der Waals surface area (Å²) in [6.07, 6.45) is 4.32. The second-order valence-corrected chi connectivity index (χ2v) is 6.53. The number of amides is 3. The summed E-state index contributed by atoms with van der Waals surface area (Å²) >= 11 is 1.22. The topological polar surface area (TPSA) is 126 Å². The molecule has 0 bridgehead atoms. The Kier molecular flexibility index (Phi) is 6.02. The lowest BCUT2D eigenvalue weighted by Crippen LogP contribution is -2.15. The maximum atomic E-state index is 12.2. The highest BCUT2D eigenvalue weighted by molar-refractivity contribution is 7.14. The molecule has 0 aliphatic rings. The third-order valence-electron chi connectivity index (χ3n) is 3.40. The zero-order chi connectivity index (χ0) is 19.9. The van der Waals surface area contributed by atoms with E-state index in [1.165, 1.54) is 36.9 Å². The van der Waals surface area contributed by atoms with Crippen LogP contribution in [0.3, 0.4) is 0 Å². The second-order valence-electron chi connectivity index (χ2n) is 5.67. The highest BCUT2D eigenvalue weighted by atomic mass is 32.1. The van der Waals surface area contributed by atoms with Crippen molar-refractivity contribution in [3.05, 3.63) is 59.6 Å². The van der Waals surface area contributed by atoms with E-state index in [1.54, 1.807) is 29.6 Å². The van der Waals surface area contributed by atoms with E-state index in [0.717, 1.165) is 0 Å². The third kappa shape index (κ3) is 5.42. The minimum absolute atomic E-state index is 0.0605. The van der Waals surface area contributed by atoms with Crippen LogP contribution in [0.5, 0.6) is 0 Å². The molecule has 3 rings (SSSR count). The summed E-state index contributed by atoms with van der Waals surface area (Å²) in [5.41, 5.74) is 1.96. The first-order valence-electron chi connectivity index (χ1n) is 8.19. The number of hydrogen-bond acceptors (Lipinski definition) is 7. The van der Waals surface area contributed by atoms with Gasteiger partial charge in [-0.05, 0) is 24.3 Å². The second kappa shape index (κ2) is 8.82. The van der Waals surface area contributed by atoms with Gasteiger partial charge in [-0.3, -0.25) is 24.7 Å². The van der Waals surface area contributed by atoms with E-state index in [-0.39, 0.29) is 23.9 Å². The van der Waals surface area contributed by atoms with Gasteiger partial charge in [0.1, 0.15) is 5.69 Å². The molecular formula is C18H16N6O3S. The van der Waals surface area contributed by atoms with E-state index in [9.17, 15) is 14.4 Å². The number of nitrogens with one attached hydrogen (secondary N) is 3. The fraction of sp³-hybridized carbons (Fsp3) is 0.111. The minimum Gasteiger partial charge on any atom is -0.326 e. The van der Waals surface area contributed by atoms with E-state index in [0.29, 0.717) is 22.2 Å². The lowest BCUT2D eigenvalue weighted by molar-refractivity contribution is -0.116. The molecule has 0 aliphatic heterocycles. The molecule has 0 atom stereocenters. The van der Waals surface area contributed by atoms with Crippen molar-refractivity contribution in [1.29, 1.82) is 0 Å². The van der Waals surface area contributed by atoms with Crippen molar-refractivity contribution < 1.29 is 14.4 Å². The molecule has 10 heteroatoms. The molecule has 0 radical (unpaired) electrons. The zero-order valence-corrected chi connectivity index (χ0v) is 15.6.